The van der Waals surface area contributed by atoms with Crippen molar-refractivity contribution in [1.82, 2.24) is 4.31 Å². The Morgan fingerprint density at radius 2 is 1.97 bits per heavy atom. The van der Waals surface area contributed by atoms with Gasteiger partial charge in [-0.25, -0.2) is 8.42 Å². The summed E-state index contributed by atoms with van der Waals surface area (Å²) >= 11 is 0. The molecule has 0 spiro atoms. The minimum Gasteiger partial charge on any atom is -0.469 e. The molecule has 3 heterocycles. The second kappa shape index (κ2) is 9.39. The minimum absolute atomic E-state index is 0.0939. The normalized spacial score (nSPS) is 20.0. The SMILES string of the molecule is Cc1occc1C(=O)Nc1cc(S(=O)(=O)N2CCOCC2)ccc1NCC1CCCO1. The molecule has 9 nitrogen and oxygen atoms in total. The van der Waals surface area contributed by atoms with Crippen molar-refractivity contribution in [1.29, 1.82) is 0 Å². The summed E-state index contributed by atoms with van der Waals surface area (Å²) in [4.78, 5) is 12.9. The van der Waals surface area contributed by atoms with E-state index in [0.717, 1.165) is 19.4 Å². The van der Waals surface area contributed by atoms with E-state index in [9.17, 15) is 13.2 Å². The molecule has 0 saturated carbocycles. The van der Waals surface area contributed by atoms with Gasteiger partial charge in [0.25, 0.3) is 5.91 Å². The number of furan rings is 1. The standard InChI is InChI=1S/C21H27N3O6S/c1-15-18(6-10-29-15)21(25)23-20-13-17(31(26,27)24-7-11-28-12-8-24)4-5-19(20)22-14-16-3-2-9-30-16/h4-6,10,13,16,22H,2-3,7-9,11-12,14H2,1H3,(H,23,25). The lowest BCUT2D eigenvalue weighted by Gasteiger charge is -2.26. The Hall–Kier alpha value is -2.40. The molecule has 2 aliphatic heterocycles. The number of nitrogens with zero attached hydrogens (tertiary/aromatic N) is 1. The maximum Gasteiger partial charge on any atom is 0.259 e. The molecule has 4 rings (SSSR count). The number of amides is 1. The Balaban J connectivity index is 1.61. The lowest BCUT2D eigenvalue weighted by atomic mass is 10.2. The first-order valence-corrected chi connectivity index (χ1v) is 11.8. The first-order valence-electron chi connectivity index (χ1n) is 10.4. The van der Waals surface area contributed by atoms with Crippen molar-refractivity contribution in [3.63, 3.8) is 0 Å². The van der Waals surface area contributed by atoms with E-state index in [0.29, 0.717) is 55.5 Å². The highest BCUT2D eigenvalue weighted by atomic mass is 32.2. The smallest absolute Gasteiger partial charge is 0.259 e. The monoisotopic (exact) mass is 449 g/mol. The quantitative estimate of drug-likeness (QED) is 0.668. The van der Waals surface area contributed by atoms with E-state index in [4.69, 9.17) is 13.9 Å². The van der Waals surface area contributed by atoms with Gasteiger partial charge >= 0.3 is 0 Å². The molecule has 2 fully saturated rings. The highest BCUT2D eigenvalue weighted by Crippen LogP contribution is 2.29. The number of anilines is 2. The number of hydrogen-bond donors (Lipinski definition) is 2. The Bertz CT molecular complexity index is 1020. The van der Waals surface area contributed by atoms with Crippen molar-refractivity contribution in [2.45, 2.75) is 30.8 Å². The minimum atomic E-state index is -3.70. The molecule has 0 aliphatic carbocycles. The van der Waals surface area contributed by atoms with Crippen molar-refractivity contribution in [2.24, 2.45) is 0 Å². The largest absolute Gasteiger partial charge is 0.469 e. The van der Waals surface area contributed by atoms with Gasteiger partial charge in [0.15, 0.2) is 0 Å². The Labute approximate surface area is 181 Å². The van der Waals surface area contributed by atoms with Gasteiger partial charge in [-0.15, -0.1) is 0 Å². The molecule has 2 aliphatic rings. The van der Waals surface area contributed by atoms with Crippen molar-refractivity contribution < 1.29 is 27.1 Å². The zero-order valence-electron chi connectivity index (χ0n) is 17.4. The number of benzene rings is 1. The van der Waals surface area contributed by atoms with E-state index < -0.39 is 10.0 Å². The Morgan fingerprint density at radius 1 is 1.16 bits per heavy atom. The average molecular weight is 450 g/mol. The van der Waals surface area contributed by atoms with Crippen LogP contribution in [0.25, 0.3) is 0 Å². The molecule has 1 aromatic heterocycles. The second-order valence-electron chi connectivity index (χ2n) is 7.58. The van der Waals surface area contributed by atoms with Crippen LogP contribution in [-0.4, -0.2) is 64.2 Å². The van der Waals surface area contributed by atoms with E-state index in [2.05, 4.69) is 10.6 Å². The van der Waals surface area contributed by atoms with Crippen LogP contribution in [0.15, 0.2) is 39.8 Å². The molecular weight excluding hydrogens is 422 g/mol. The van der Waals surface area contributed by atoms with Crippen LogP contribution in [0.1, 0.15) is 29.0 Å². The molecule has 1 unspecified atom stereocenters. The van der Waals surface area contributed by atoms with E-state index in [1.54, 1.807) is 25.1 Å². The summed E-state index contributed by atoms with van der Waals surface area (Å²) in [6.45, 7) is 4.35. The number of carbonyl (C=O) groups is 1. The summed E-state index contributed by atoms with van der Waals surface area (Å²) in [6, 6.07) is 6.32. The fraction of sp³-hybridized carbons (Fsp3) is 0.476. The number of rotatable bonds is 7. The van der Waals surface area contributed by atoms with Gasteiger partial charge < -0.3 is 24.5 Å². The van der Waals surface area contributed by atoms with Crippen molar-refractivity contribution in [3.8, 4) is 0 Å². The lowest BCUT2D eigenvalue weighted by molar-refractivity contribution is 0.0730. The van der Waals surface area contributed by atoms with Gasteiger partial charge in [0.1, 0.15) is 5.76 Å². The van der Waals surface area contributed by atoms with Gasteiger partial charge in [-0.05, 0) is 44.0 Å². The summed E-state index contributed by atoms with van der Waals surface area (Å²) in [5, 5.41) is 6.12. The van der Waals surface area contributed by atoms with Crippen molar-refractivity contribution in [3.05, 3.63) is 41.9 Å². The van der Waals surface area contributed by atoms with Crippen LogP contribution in [0.5, 0.6) is 0 Å². The zero-order valence-corrected chi connectivity index (χ0v) is 18.2. The third kappa shape index (κ3) is 4.93. The maximum absolute atomic E-state index is 13.1. The lowest BCUT2D eigenvalue weighted by Crippen LogP contribution is -2.40. The Kier molecular flexibility index (Phi) is 6.61. The number of aryl methyl sites for hydroxylation is 1. The molecular formula is C21H27N3O6S. The summed E-state index contributed by atoms with van der Waals surface area (Å²) in [5.41, 5.74) is 1.41. The second-order valence-corrected chi connectivity index (χ2v) is 9.52. The first-order chi connectivity index (χ1) is 14.9. The molecule has 1 aromatic carbocycles. The number of carbonyl (C=O) groups excluding carboxylic acids is 1. The molecule has 2 saturated heterocycles. The molecule has 2 N–H and O–H groups in total. The van der Waals surface area contributed by atoms with Crippen LogP contribution in [-0.2, 0) is 19.5 Å². The van der Waals surface area contributed by atoms with Gasteiger partial charge in [0.05, 0.1) is 47.4 Å². The van der Waals surface area contributed by atoms with Gasteiger partial charge in [0, 0.05) is 26.2 Å². The molecule has 1 atom stereocenters. The fourth-order valence-corrected chi connectivity index (χ4v) is 5.15. The van der Waals surface area contributed by atoms with E-state index >= 15 is 0 Å². The molecule has 10 heteroatoms. The predicted octanol–water partition coefficient (Wildman–Crippen LogP) is 2.45. The van der Waals surface area contributed by atoms with Crippen LogP contribution in [0.3, 0.4) is 0 Å². The number of morpholine rings is 1. The zero-order chi connectivity index (χ0) is 21.8. The van der Waals surface area contributed by atoms with Crippen molar-refractivity contribution in [2.75, 3.05) is 50.1 Å². The highest BCUT2D eigenvalue weighted by Gasteiger charge is 2.27. The number of nitrogens with one attached hydrogen (secondary N) is 2. The summed E-state index contributed by atoms with van der Waals surface area (Å²) < 4.78 is 43.7. The molecule has 0 radical (unpaired) electrons. The van der Waals surface area contributed by atoms with Crippen LogP contribution >= 0.6 is 0 Å². The molecule has 2 aromatic rings. The Morgan fingerprint density at radius 3 is 2.65 bits per heavy atom. The molecule has 0 bridgehead atoms. The van der Waals surface area contributed by atoms with Crippen LogP contribution in [0.4, 0.5) is 11.4 Å². The average Bonchev–Trinajstić information content (AvgIpc) is 3.45. The predicted molar refractivity (Wildman–Crippen MR) is 115 cm³/mol. The van der Waals surface area contributed by atoms with E-state index in [1.165, 1.54) is 16.6 Å². The topological polar surface area (TPSA) is 110 Å². The number of sulfonamides is 1. The van der Waals surface area contributed by atoms with Gasteiger partial charge in [0.2, 0.25) is 10.0 Å². The third-order valence-electron chi connectivity index (χ3n) is 5.49. The van der Waals surface area contributed by atoms with Crippen molar-refractivity contribution >= 4 is 27.3 Å². The van der Waals surface area contributed by atoms with Gasteiger partial charge in [-0.3, -0.25) is 4.79 Å². The highest BCUT2D eigenvalue weighted by molar-refractivity contribution is 7.89. The summed E-state index contributed by atoms with van der Waals surface area (Å²) in [7, 11) is -3.70. The summed E-state index contributed by atoms with van der Waals surface area (Å²) in [5.74, 6) is 0.121. The van der Waals surface area contributed by atoms with Crippen LogP contribution < -0.4 is 10.6 Å². The van der Waals surface area contributed by atoms with Gasteiger partial charge in [-0.2, -0.15) is 4.31 Å². The van der Waals surface area contributed by atoms with Crippen LogP contribution in [0, 0.1) is 6.92 Å². The molecule has 1 amide bonds. The van der Waals surface area contributed by atoms with Crippen LogP contribution in [0.2, 0.25) is 0 Å². The molecule has 31 heavy (non-hydrogen) atoms. The number of ether oxygens (including phenoxy) is 2. The number of hydrogen-bond acceptors (Lipinski definition) is 7. The fourth-order valence-electron chi connectivity index (χ4n) is 3.72. The third-order valence-corrected chi connectivity index (χ3v) is 7.39. The van der Waals surface area contributed by atoms with E-state index in [-0.39, 0.29) is 16.9 Å². The maximum atomic E-state index is 13.1. The first kappa shape index (κ1) is 21.8. The van der Waals surface area contributed by atoms with Gasteiger partial charge in [-0.1, -0.05) is 0 Å². The summed E-state index contributed by atoms with van der Waals surface area (Å²) in [6.07, 6.45) is 3.52. The van der Waals surface area contributed by atoms with E-state index in [1.807, 2.05) is 0 Å². The molecule has 168 valence electrons.